The average molecular weight is 580 g/mol. The number of halogens is 1. The predicted molar refractivity (Wildman–Crippen MR) is 151 cm³/mol. The Kier molecular flexibility index (Phi) is 8.75. The van der Waals surface area contributed by atoms with Gasteiger partial charge >= 0.3 is 0 Å². The molecule has 1 amide bonds. The molecule has 41 heavy (non-hydrogen) atoms. The van der Waals surface area contributed by atoms with Gasteiger partial charge in [-0.3, -0.25) is 9.69 Å². The van der Waals surface area contributed by atoms with E-state index in [0.29, 0.717) is 46.8 Å². The van der Waals surface area contributed by atoms with Crippen LogP contribution in [0, 0.1) is 5.92 Å². The van der Waals surface area contributed by atoms with E-state index in [1.54, 1.807) is 25.3 Å². The Morgan fingerprint density at radius 2 is 1.98 bits per heavy atom. The zero-order valence-corrected chi connectivity index (χ0v) is 23.4. The number of nitrogens with one attached hydrogen (secondary N) is 1. The largest absolute Gasteiger partial charge is 0.493 e. The molecule has 0 saturated carbocycles. The van der Waals surface area contributed by atoms with Crippen LogP contribution in [0.3, 0.4) is 0 Å². The van der Waals surface area contributed by atoms with Gasteiger partial charge in [-0.05, 0) is 83.6 Å². The van der Waals surface area contributed by atoms with Crippen LogP contribution in [-0.2, 0) is 13.2 Å². The van der Waals surface area contributed by atoms with Crippen LogP contribution in [0.1, 0.15) is 47.1 Å². The molecule has 1 saturated heterocycles. The van der Waals surface area contributed by atoms with Crippen molar-refractivity contribution in [3.05, 3.63) is 70.0 Å². The van der Waals surface area contributed by atoms with Crippen LogP contribution in [-0.4, -0.2) is 62.5 Å². The minimum atomic E-state index is -0.530. The lowest BCUT2D eigenvalue weighted by Gasteiger charge is -2.30. The molecule has 1 aliphatic rings. The van der Waals surface area contributed by atoms with Crippen molar-refractivity contribution in [2.24, 2.45) is 11.0 Å². The number of likely N-dealkylation sites (tertiary alicyclic amines) is 1. The van der Waals surface area contributed by atoms with Crippen molar-refractivity contribution in [1.82, 2.24) is 35.6 Å². The summed E-state index contributed by atoms with van der Waals surface area (Å²) in [5, 5.41) is 20.4. The Morgan fingerprint density at radius 1 is 1.20 bits per heavy atom. The van der Waals surface area contributed by atoms with Gasteiger partial charge in [-0.2, -0.15) is 9.78 Å². The van der Waals surface area contributed by atoms with Gasteiger partial charge in [0.05, 0.1) is 19.0 Å². The number of hydrogen-bond donors (Lipinski definition) is 2. The maximum absolute atomic E-state index is 13.1. The van der Waals surface area contributed by atoms with Crippen LogP contribution in [0.15, 0.2) is 52.2 Å². The molecule has 0 radical (unpaired) electrons. The highest BCUT2D eigenvalue weighted by Crippen LogP contribution is 2.28. The van der Waals surface area contributed by atoms with Gasteiger partial charge in [-0.25, -0.2) is 10.1 Å². The fourth-order valence-corrected chi connectivity index (χ4v) is 4.53. The maximum atomic E-state index is 13.1. The van der Waals surface area contributed by atoms with E-state index in [1.807, 2.05) is 24.3 Å². The first-order chi connectivity index (χ1) is 19.9. The van der Waals surface area contributed by atoms with Crippen molar-refractivity contribution in [2.75, 3.05) is 25.9 Å². The van der Waals surface area contributed by atoms with Crippen molar-refractivity contribution >= 4 is 29.5 Å². The second-order valence-corrected chi connectivity index (χ2v) is 10.2. The van der Waals surface area contributed by atoms with Gasteiger partial charge in [0, 0.05) is 11.6 Å². The Morgan fingerprint density at radius 3 is 2.68 bits per heavy atom. The van der Waals surface area contributed by atoms with Crippen LogP contribution in [0.2, 0.25) is 5.02 Å². The van der Waals surface area contributed by atoms with E-state index in [4.69, 9.17) is 31.4 Å². The summed E-state index contributed by atoms with van der Waals surface area (Å²) in [4.78, 5) is 15.4. The fraction of sp³-hybridized carbons (Fsp3) is 0.333. The number of carbonyl (C=O) groups is 1. The molecule has 0 aliphatic carbocycles. The predicted octanol–water partition coefficient (Wildman–Crippen LogP) is 3.47. The van der Waals surface area contributed by atoms with Gasteiger partial charge in [0.1, 0.15) is 6.61 Å². The number of ether oxygens (including phenoxy) is 2. The minimum Gasteiger partial charge on any atom is -0.493 e. The summed E-state index contributed by atoms with van der Waals surface area (Å²) < 4.78 is 17.5. The van der Waals surface area contributed by atoms with E-state index >= 15 is 0 Å². The molecule has 5 rings (SSSR count). The topological polar surface area (TPSA) is 159 Å². The maximum Gasteiger partial charge on any atom is 0.293 e. The van der Waals surface area contributed by atoms with Crippen molar-refractivity contribution in [3.8, 4) is 17.3 Å². The number of hydrazone groups is 1. The number of rotatable bonds is 10. The van der Waals surface area contributed by atoms with Crippen LogP contribution < -0.4 is 20.6 Å². The van der Waals surface area contributed by atoms with Gasteiger partial charge in [0.15, 0.2) is 17.2 Å². The number of anilines is 1. The smallest absolute Gasteiger partial charge is 0.293 e. The number of nitrogen functional groups attached to an aromatic ring is 1. The normalized spacial score (nSPS) is 14.4. The summed E-state index contributed by atoms with van der Waals surface area (Å²) in [5.74, 6) is 1.43. The standard InChI is InChI=1S/C27H30ClN9O4/c1-17-9-11-36(12-10-17)15-21-24(31-35-37(21)26-25(29)33-41-34-26)27(38)32-30-14-19-5-8-22(23(13-19)39-2)40-16-18-3-6-20(28)7-4-18/h3-8,13-14,17H,9-12,15-16H2,1-2H3,(H2,29,33)(H,32,38)/b30-14-. The molecule has 0 unspecified atom stereocenters. The van der Waals surface area contributed by atoms with Crippen molar-refractivity contribution < 1.29 is 18.9 Å². The molecular weight excluding hydrogens is 550 g/mol. The number of piperidine rings is 1. The monoisotopic (exact) mass is 579 g/mol. The van der Waals surface area contributed by atoms with Crippen molar-refractivity contribution in [3.63, 3.8) is 0 Å². The molecule has 0 spiro atoms. The third kappa shape index (κ3) is 6.81. The first kappa shape index (κ1) is 28.1. The van der Waals surface area contributed by atoms with E-state index in [2.05, 4.69) is 43.0 Å². The number of nitrogens with zero attached hydrogens (tertiary/aromatic N) is 7. The number of aromatic nitrogens is 5. The molecule has 1 fully saturated rings. The molecule has 0 atom stereocenters. The highest BCUT2D eigenvalue weighted by Gasteiger charge is 2.26. The Hall–Kier alpha value is -4.49. The lowest BCUT2D eigenvalue weighted by Crippen LogP contribution is -2.34. The lowest BCUT2D eigenvalue weighted by molar-refractivity contribution is 0.0946. The van der Waals surface area contributed by atoms with Gasteiger partial charge < -0.3 is 15.2 Å². The van der Waals surface area contributed by atoms with E-state index in [0.717, 1.165) is 31.5 Å². The first-order valence-corrected chi connectivity index (χ1v) is 13.4. The number of amides is 1. The van der Waals surface area contributed by atoms with Crippen LogP contribution in [0.4, 0.5) is 5.82 Å². The summed E-state index contributed by atoms with van der Waals surface area (Å²) in [5.41, 5.74) is 10.7. The molecular formula is C27H30ClN9O4. The SMILES string of the molecule is COc1cc(/C=N\NC(=O)c2nnn(-c3nonc3N)c2CN2CCC(C)CC2)ccc1OCc1ccc(Cl)cc1. The number of nitrogens with two attached hydrogens (primary N) is 1. The third-order valence-corrected chi connectivity index (χ3v) is 7.05. The fourth-order valence-electron chi connectivity index (χ4n) is 4.40. The van der Waals surface area contributed by atoms with E-state index in [1.165, 1.54) is 10.9 Å². The molecule has 3 N–H and O–H groups in total. The zero-order chi connectivity index (χ0) is 28.8. The number of methoxy groups -OCH3 is 1. The van der Waals surface area contributed by atoms with Crippen molar-refractivity contribution in [2.45, 2.75) is 32.9 Å². The summed E-state index contributed by atoms with van der Waals surface area (Å²) in [6.07, 6.45) is 3.63. The minimum absolute atomic E-state index is 0.0444. The van der Waals surface area contributed by atoms with Crippen LogP contribution in [0.25, 0.3) is 5.82 Å². The summed E-state index contributed by atoms with van der Waals surface area (Å²) in [7, 11) is 1.55. The van der Waals surface area contributed by atoms with E-state index in [9.17, 15) is 4.79 Å². The molecule has 4 aromatic rings. The van der Waals surface area contributed by atoms with Crippen LogP contribution >= 0.6 is 11.6 Å². The van der Waals surface area contributed by atoms with E-state index in [-0.39, 0.29) is 17.3 Å². The summed E-state index contributed by atoms with van der Waals surface area (Å²) in [6.45, 7) is 4.79. The Balaban J connectivity index is 1.28. The van der Waals surface area contributed by atoms with Gasteiger partial charge in [0.25, 0.3) is 5.91 Å². The zero-order valence-electron chi connectivity index (χ0n) is 22.7. The number of carbonyl (C=O) groups excluding carboxylic acids is 1. The molecule has 1 aliphatic heterocycles. The Labute approximate surface area is 241 Å². The average Bonchev–Trinajstić information content (AvgIpc) is 3.59. The number of hydrogen-bond acceptors (Lipinski definition) is 11. The van der Waals surface area contributed by atoms with Gasteiger partial charge in [-0.15, -0.1) is 5.10 Å². The first-order valence-electron chi connectivity index (χ1n) is 13.0. The highest BCUT2D eigenvalue weighted by atomic mass is 35.5. The molecule has 214 valence electrons. The summed E-state index contributed by atoms with van der Waals surface area (Å²) >= 11 is 5.95. The molecule has 0 bridgehead atoms. The third-order valence-electron chi connectivity index (χ3n) is 6.80. The quantitative estimate of drug-likeness (QED) is 0.210. The molecule has 3 heterocycles. The highest BCUT2D eigenvalue weighted by molar-refractivity contribution is 6.30. The van der Waals surface area contributed by atoms with Crippen molar-refractivity contribution in [1.29, 1.82) is 0 Å². The van der Waals surface area contributed by atoms with Gasteiger partial charge in [0.2, 0.25) is 11.6 Å². The van der Waals surface area contributed by atoms with Crippen LogP contribution in [0.5, 0.6) is 11.5 Å². The lowest BCUT2D eigenvalue weighted by atomic mass is 9.99. The molecule has 13 nitrogen and oxygen atoms in total. The second-order valence-electron chi connectivity index (χ2n) is 9.75. The van der Waals surface area contributed by atoms with Gasteiger partial charge in [-0.1, -0.05) is 35.9 Å². The Bertz CT molecular complexity index is 1510. The molecule has 2 aromatic carbocycles. The van der Waals surface area contributed by atoms with E-state index < -0.39 is 5.91 Å². The molecule has 14 heteroatoms. The second kappa shape index (κ2) is 12.8. The summed E-state index contributed by atoms with van der Waals surface area (Å²) in [6, 6.07) is 12.7. The number of benzene rings is 2. The molecule has 2 aromatic heterocycles.